The second-order valence-electron chi connectivity index (χ2n) is 7.23. The van der Waals surface area contributed by atoms with E-state index in [1.807, 2.05) is 25.1 Å². The summed E-state index contributed by atoms with van der Waals surface area (Å²) in [6.07, 6.45) is 3.19. The zero-order valence-electron chi connectivity index (χ0n) is 16.5. The molecule has 3 N–H and O–H groups in total. The number of amides is 2. The first kappa shape index (κ1) is 19.6. The molecule has 148 valence electrons. The third-order valence-corrected chi connectivity index (χ3v) is 4.66. The lowest BCUT2D eigenvalue weighted by Crippen LogP contribution is -2.45. The number of nitrogens with two attached hydrogens (primary N) is 1. The van der Waals surface area contributed by atoms with Gasteiger partial charge in [-0.05, 0) is 50.5 Å². The van der Waals surface area contributed by atoms with Gasteiger partial charge in [0.2, 0.25) is 11.9 Å². The Balaban J connectivity index is 2.02. The minimum Gasteiger partial charge on any atom is -0.447 e. The van der Waals surface area contributed by atoms with E-state index in [0.717, 1.165) is 22.4 Å². The van der Waals surface area contributed by atoms with E-state index in [2.05, 4.69) is 15.3 Å². The summed E-state index contributed by atoms with van der Waals surface area (Å²) < 4.78 is 5.24. The summed E-state index contributed by atoms with van der Waals surface area (Å²) in [6, 6.07) is 5.42. The number of alkyl carbamates (subject to hydrolysis) is 1. The molecular weight excluding hydrogens is 358 g/mol. The summed E-state index contributed by atoms with van der Waals surface area (Å²) in [4.78, 5) is 34.2. The van der Waals surface area contributed by atoms with Gasteiger partial charge in [0, 0.05) is 36.6 Å². The zero-order valence-corrected chi connectivity index (χ0v) is 16.5. The largest absolute Gasteiger partial charge is 0.447 e. The minimum absolute atomic E-state index is 0.0412. The Morgan fingerprint density at radius 1 is 1.25 bits per heavy atom. The van der Waals surface area contributed by atoms with E-state index in [1.54, 1.807) is 38.1 Å². The Labute approximate surface area is 164 Å². The molecule has 8 heteroatoms. The fourth-order valence-corrected chi connectivity index (χ4v) is 3.54. The van der Waals surface area contributed by atoms with Gasteiger partial charge in [0.25, 0.3) is 0 Å². The number of hydrogen-bond donors (Lipinski definition) is 2. The maximum Gasteiger partial charge on any atom is 0.407 e. The Morgan fingerprint density at radius 2 is 1.93 bits per heavy atom. The number of anilines is 2. The van der Waals surface area contributed by atoms with Crippen LogP contribution in [0, 0.1) is 0 Å². The molecule has 0 spiro atoms. The van der Waals surface area contributed by atoms with E-state index in [1.165, 1.54) is 0 Å². The molecule has 2 atom stereocenters. The highest BCUT2D eigenvalue weighted by Crippen LogP contribution is 2.39. The molecule has 1 aliphatic heterocycles. The molecule has 0 bridgehead atoms. The van der Waals surface area contributed by atoms with Gasteiger partial charge in [0.15, 0.2) is 0 Å². The highest BCUT2D eigenvalue weighted by Gasteiger charge is 2.33. The first-order valence-electron chi connectivity index (χ1n) is 9.25. The molecule has 0 saturated heterocycles. The van der Waals surface area contributed by atoms with Gasteiger partial charge in [-0.15, -0.1) is 0 Å². The first-order chi connectivity index (χ1) is 13.3. The summed E-state index contributed by atoms with van der Waals surface area (Å²) >= 11 is 0. The van der Waals surface area contributed by atoms with Crippen LogP contribution in [0.15, 0.2) is 30.6 Å². The van der Waals surface area contributed by atoms with Gasteiger partial charge in [-0.25, -0.2) is 14.8 Å². The molecule has 28 heavy (non-hydrogen) atoms. The second-order valence-corrected chi connectivity index (χ2v) is 7.23. The van der Waals surface area contributed by atoms with Crippen molar-refractivity contribution in [3.05, 3.63) is 36.2 Å². The van der Waals surface area contributed by atoms with E-state index in [0.29, 0.717) is 6.42 Å². The molecule has 1 aromatic carbocycles. The standard InChI is InChI=1S/C20H25N5O3/c1-11(2)28-20(27)24-17-7-12(3)25(13(4)26)18-6-5-14(8-16(17)18)15-9-22-19(21)23-10-15/h5-6,8-12,17H,7H2,1-4H3,(H,24,27)(H2,21,22,23). The molecule has 2 amide bonds. The smallest absolute Gasteiger partial charge is 0.407 e. The normalized spacial score (nSPS) is 18.5. The number of carbonyl (C=O) groups is 2. The average molecular weight is 383 g/mol. The number of ether oxygens (including phenoxy) is 1. The number of fused-ring (bicyclic) bond motifs is 1. The summed E-state index contributed by atoms with van der Waals surface area (Å²) in [5.74, 6) is 0.162. The van der Waals surface area contributed by atoms with Crippen LogP contribution >= 0.6 is 0 Å². The molecule has 3 rings (SSSR count). The van der Waals surface area contributed by atoms with Gasteiger partial charge < -0.3 is 20.7 Å². The predicted molar refractivity (Wildman–Crippen MR) is 107 cm³/mol. The van der Waals surface area contributed by atoms with Crippen molar-refractivity contribution in [2.24, 2.45) is 0 Å². The van der Waals surface area contributed by atoms with Crippen molar-refractivity contribution in [3.63, 3.8) is 0 Å². The van der Waals surface area contributed by atoms with Crippen molar-refractivity contribution in [2.45, 2.75) is 52.3 Å². The first-order valence-corrected chi connectivity index (χ1v) is 9.25. The molecule has 2 heterocycles. The lowest BCUT2D eigenvalue weighted by Gasteiger charge is -2.39. The van der Waals surface area contributed by atoms with E-state index in [-0.39, 0.29) is 30.0 Å². The number of aromatic nitrogens is 2. The maximum absolute atomic E-state index is 12.2. The fourth-order valence-electron chi connectivity index (χ4n) is 3.54. The lowest BCUT2D eigenvalue weighted by molar-refractivity contribution is -0.117. The summed E-state index contributed by atoms with van der Waals surface area (Å²) in [5, 5.41) is 2.93. The molecular formula is C20H25N5O3. The van der Waals surface area contributed by atoms with E-state index in [9.17, 15) is 9.59 Å². The molecule has 8 nitrogen and oxygen atoms in total. The molecule has 2 aromatic rings. The SMILES string of the molecule is CC(=O)N1c2ccc(-c3cnc(N)nc3)cc2C(NC(=O)OC(C)C)CC1C. The number of nitrogens with zero attached hydrogens (tertiary/aromatic N) is 3. The Hall–Kier alpha value is -3.16. The average Bonchev–Trinajstić information content (AvgIpc) is 2.61. The monoisotopic (exact) mass is 383 g/mol. The highest BCUT2D eigenvalue weighted by molar-refractivity contribution is 5.94. The van der Waals surface area contributed by atoms with Crippen LogP contribution in [-0.2, 0) is 9.53 Å². The van der Waals surface area contributed by atoms with E-state index in [4.69, 9.17) is 10.5 Å². The van der Waals surface area contributed by atoms with Crippen molar-refractivity contribution >= 4 is 23.6 Å². The van der Waals surface area contributed by atoms with Crippen LogP contribution in [0.3, 0.4) is 0 Å². The number of nitrogen functional groups attached to an aromatic ring is 1. The van der Waals surface area contributed by atoms with Crippen LogP contribution < -0.4 is 16.0 Å². The van der Waals surface area contributed by atoms with Gasteiger partial charge in [0.1, 0.15) is 0 Å². The Bertz CT molecular complexity index is 882. The van der Waals surface area contributed by atoms with Crippen LogP contribution in [0.1, 0.15) is 45.7 Å². The Morgan fingerprint density at radius 3 is 2.54 bits per heavy atom. The molecule has 1 aromatic heterocycles. The third-order valence-electron chi connectivity index (χ3n) is 4.66. The van der Waals surface area contributed by atoms with Gasteiger partial charge in [0.05, 0.1) is 12.1 Å². The van der Waals surface area contributed by atoms with Gasteiger partial charge in [-0.3, -0.25) is 4.79 Å². The van der Waals surface area contributed by atoms with Gasteiger partial charge in [-0.1, -0.05) is 6.07 Å². The molecule has 0 radical (unpaired) electrons. The highest BCUT2D eigenvalue weighted by atomic mass is 16.6. The quantitative estimate of drug-likeness (QED) is 0.843. The number of nitrogens with one attached hydrogen (secondary N) is 1. The topological polar surface area (TPSA) is 110 Å². The van der Waals surface area contributed by atoms with Crippen molar-refractivity contribution in [2.75, 3.05) is 10.6 Å². The molecule has 2 unspecified atom stereocenters. The summed E-state index contributed by atoms with van der Waals surface area (Å²) in [6.45, 7) is 7.11. The number of benzene rings is 1. The van der Waals surface area contributed by atoms with E-state index >= 15 is 0 Å². The molecule has 1 aliphatic rings. The van der Waals surface area contributed by atoms with Crippen LogP contribution in [0.5, 0.6) is 0 Å². The maximum atomic E-state index is 12.2. The second kappa shape index (κ2) is 7.84. The van der Waals surface area contributed by atoms with Crippen LogP contribution in [0.4, 0.5) is 16.4 Å². The number of rotatable bonds is 3. The van der Waals surface area contributed by atoms with Crippen molar-refractivity contribution < 1.29 is 14.3 Å². The van der Waals surface area contributed by atoms with Crippen molar-refractivity contribution in [1.29, 1.82) is 0 Å². The van der Waals surface area contributed by atoms with Crippen molar-refractivity contribution in [3.8, 4) is 11.1 Å². The summed E-state index contributed by atoms with van der Waals surface area (Å²) in [5.41, 5.74) is 8.88. The van der Waals surface area contributed by atoms with E-state index < -0.39 is 6.09 Å². The molecule has 0 aliphatic carbocycles. The molecule has 0 fully saturated rings. The van der Waals surface area contributed by atoms with Crippen LogP contribution in [-0.4, -0.2) is 34.1 Å². The number of hydrogen-bond acceptors (Lipinski definition) is 6. The third kappa shape index (κ3) is 4.05. The summed E-state index contributed by atoms with van der Waals surface area (Å²) in [7, 11) is 0. The molecule has 0 saturated carbocycles. The Kier molecular flexibility index (Phi) is 5.48. The van der Waals surface area contributed by atoms with Gasteiger partial charge >= 0.3 is 6.09 Å². The van der Waals surface area contributed by atoms with Crippen molar-refractivity contribution in [1.82, 2.24) is 15.3 Å². The van der Waals surface area contributed by atoms with Crippen LogP contribution in [0.25, 0.3) is 11.1 Å². The zero-order chi connectivity index (χ0) is 20.4. The predicted octanol–water partition coefficient (Wildman–Crippen LogP) is 3.05. The fraction of sp³-hybridized carbons (Fsp3) is 0.400. The number of carbonyl (C=O) groups excluding carboxylic acids is 2. The van der Waals surface area contributed by atoms with Crippen LogP contribution in [0.2, 0.25) is 0 Å². The lowest BCUT2D eigenvalue weighted by atomic mass is 9.89. The minimum atomic E-state index is -0.476. The van der Waals surface area contributed by atoms with Gasteiger partial charge in [-0.2, -0.15) is 0 Å².